The van der Waals surface area contributed by atoms with Crippen LogP contribution in [0.3, 0.4) is 0 Å². The number of aliphatic hydroxyl groups excluding tert-OH is 1. The lowest BCUT2D eigenvalue weighted by Crippen LogP contribution is -2.41. The molecule has 11 heteroatoms. The molecular formula is C15H31N4O6P. The second kappa shape index (κ2) is 11.4. The van der Waals surface area contributed by atoms with E-state index in [4.69, 9.17) is 20.3 Å². The molecule has 0 fully saturated rings. The summed E-state index contributed by atoms with van der Waals surface area (Å²) < 4.78 is 16.9. The van der Waals surface area contributed by atoms with Crippen molar-refractivity contribution >= 4 is 13.4 Å². The summed E-state index contributed by atoms with van der Waals surface area (Å²) >= 11 is 0. The molecule has 1 rings (SSSR count). The third-order valence-corrected chi connectivity index (χ3v) is 4.12. The standard InChI is InChI=1S/C9H16N3O6P.C6H15N/c1-9(5-13,18-6-19(15,16)17)4-12-3-2-7(10)11-8(12)14;1-4-7(5-2)6-3/h2-3,13H,4-6H2,1H3,(H2,10,11,14)(H2,15,16,17);4-6H2,1-3H3. The van der Waals surface area contributed by atoms with Crippen molar-refractivity contribution in [1.82, 2.24) is 14.5 Å². The van der Waals surface area contributed by atoms with E-state index < -0.39 is 31.8 Å². The van der Waals surface area contributed by atoms with E-state index in [-0.39, 0.29) is 12.4 Å². The summed E-state index contributed by atoms with van der Waals surface area (Å²) in [5, 5.41) is 9.25. The van der Waals surface area contributed by atoms with Crippen LogP contribution in [0.4, 0.5) is 5.82 Å². The summed E-state index contributed by atoms with van der Waals surface area (Å²) in [7, 11) is -4.36. The Morgan fingerprint density at radius 3 is 2.19 bits per heavy atom. The predicted octanol–water partition coefficient (Wildman–Crippen LogP) is 0.0764. The van der Waals surface area contributed by atoms with E-state index in [1.165, 1.54) is 38.8 Å². The van der Waals surface area contributed by atoms with Gasteiger partial charge in [-0.1, -0.05) is 20.8 Å². The Kier molecular flexibility index (Phi) is 10.9. The van der Waals surface area contributed by atoms with Crippen molar-refractivity contribution in [2.45, 2.75) is 39.8 Å². The van der Waals surface area contributed by atoms with Crippen molar-refractivity contribution in [3.8, 4) is 0 Å². The van der Waals surface area contributed by atoms with E-state index in [2.05, 4.69) is 30.7 Å². The lowest BCUT2D eigenvalue weighted by atomic mass is 10.1. The summed E-state index contributed by atoms with van der Waals surface area (Å²) in [4.78, 5) is 34.9. The Bertz CT molecular complexity index is 625. The topological polar surface area (TPSA) is 151 Å². The van der Waals surface area contributed by atoms with Crippen LogP contribution in [0.5, 0.6) is 0 Å². The molecule has 1 atom stereocenters. The van der Waals surface area contributed by atoms with E-state index >= 15 is 0 Å². The normalized spacial score (nSPS) is 13.8. The van der Waals surface area contributed by atoms with E-state index in [9.17, 15) is 14.5 Å². The third kappa shape index (κ3) is 10.0. The van der Waals surface area contributed by atoms with Crippen LogP contribution < -0.4 is 11.4 Å². The Balaban J connectivity index is 0.000000758. The molecule has 0 aliphatic rings. The zero-order valence-corrected chi connectivity index (χ0v) is 16.7. The molecule has 0 aliphatic carbocycles. The van der Waals surface area contributed by atoms with Crippen molar-refractivity contribution in [3.63, 3.8) is 0 Å². The number of rotatable bonds is 9. The monoisotopic (exact) mass is 394 g/mol. The van der Waals surface area contributed by atoms with Gasteiger partial charge in [0.25, 0.3) is 0 Å². The molecular weight excluding hydrogens is 363 g/mol. The summed E-state index contributed by atoms with van der Waals surface area (Å²) in [5.41, 5.74) is 3.38. The lowest BCUT2D eigenvalue weighted by molar-refractivity contribution is -0.0635. The van der Waals surface area contributed by atoms with Gasteiger partial charge in [0.05, 0.1) is 13.2 Å². The second-order valence-electron chi connectivity index (χ2n) is 5.93. The molecule has 1 aromatic heterocycles. The van der Waals surface area contributed by atoms with Crippen molar-refractivity contribution in [2.24, 2.45) is 0 Å². The van der Waals surface area contributed by atoms with Crippen molar-refractivity contribution in [1.29, 1.82) is 0 Å². The number of aliphatic hydroxyl groups is 1. The molecule has 0 amide bonds. The number of nitrogen functional groups attached to an aromatic ring is 1. The first-order chi connectivity index (χ1) is 12.0. The number of hydrogen-bond donors (Lipinski definition) is 4. The maximum atomic E-state index is 11.5. The minimum Gasteiger partial charge on any atom is -0.393 e. The second-order valence-corrected chi connectivity index (χ2v) is 7.52. The zero-order chi connectivity index (χ0) is 20.4. The van der Waals surface area contributed by atoms with E-state index in [1.807, 2.05) is 0 Å². The molecule has 0 aromatic carbocycles. The highest BCUT2D eigenvalue weighted by Crippen LogP contribution is 2.35. The molecule has 0 bridgehead atoms. The van der Waals surface area contributed by atoms with Crippen LogP contribution in [-0.2, 0) is 15.8 Å². The van der Waals surface area contributed by atoms with Crippen LogP contribution in [0, 0.1) is 0 Å². The fourth-order valence-corrected chi connectivity index (χ4v) is 2.45. The number of anilines is 1. The van der Waals surface area contributed by atoms with Crippen LogP contribution in [-0.4, -0.2) is 67.5 Å². The van der Waals surface area contributed by atoms with Gasteiger partial charge in [-0.3, -0.25) is 9.13 Å². The first-order valence-electron chi connectivity index (χ1n) is 8.34. The lowest BCUT2D eigenvalue weighted by Gasteiger charge is -2.28. The quantitative estimate of drug-likeness (QED) is 0.427. The van der Waals surface area contributed by atoms with Gasteiger partial charge in [-0.2, -0.15) is 4.98 Å². The summed E-state index contributed by atoms with van der Waals surface area (Å²) in [6.07, 6.45) is 0.515. The van der Waals surface area contributed by atoms with Gasteiger partial charge in [0.1, 0.15) is 17.8 Å². The van der Waals surface area contributed by atoms with Gasteiger partial charge in [0.2, 0.25) is 0 Å². The van der Waals surface area contributed by atoms with Gasteiger partial charge in [-0.15, -0.1) is 0 Å². The largest absolute Gasteiger partial charge is 0.393 e. The average molecular weight is 394 g/mol. The fourth-order valence-electron chi connectivity index (χ4n) is 1.97. The van der Waals surface area contributed by atoms with Gasteiger partial charge in [-0.05, 0) is 32.6 Å². The minimum absolute atomic E-state index is 0.0584. The highest BCUT2D eigenvalue weighted by atomic mass is 31.2. The van der Waals surface area contributed by atoms with Crippen molar-refractivity contribution < 1.29 is 24.2 Å². The molecule has 10 nitrogen and oxygen atoms in total. The summed E-state index contributed by atoms with van der Waals surface area (Å²) in [5.74, 6) is 0.0584. The number of aromatic nitrogens is 2. The highest BCUT2D eigenvalue weighted by molar-refractivity contribution is 7.51. The van der Waals surface area contributed by atoms with Gasteiger partial charge in [0, 0.05) is 6.20 Å². The maximum absolute atomic E-state index is 11.5. The first kappa shape index (κ1) is 24.7. The summed E-state index contributed by atoms with van der Waals surface area (Å²) in [6.45, 7) is 10.9. The minimum atomic E-state index is -4.36. The highest BCUT2D eigenvalue weighted by Gasteiger charge is 2.29. The molecule has 0 radical (unpaired) electrons. The summed E-state index contributed by atoms with van der Waals surface area (Å²) in [6, 6.07) is 1.39. The molecule has 0 spiro atoms. The number of hydrogen-bond acceptors (Lipinski definition) is 7. The molecule has 1 unspecified atom stereocenters. The van der Waals surface area contributed by atoms with Gasteiger partial charge in [-0.25, -0.2) is 4.79 Å². The Labute approximate surface area is 153 Å². The average Bonchev–Trinajstić information content (AvgIpc) is 2.57. The van der Waals surface area contributed by atoms with Gasteiger partial charge >= 0.3 is 13.3 Å². The SMILES string of the molecule is CC(CO)(Cn1ccc(N)nc1=O)OCP(=O)(O)O.CCN(CC)CC. The van der Waals surface area contributed by atoms with E-state index in [0.29, 0.717) is 0 Å². The van der Waals surface area contributed by atoms with Gasteiger partial charge < -0.3 is 30.3 Å². The Hall–Kier alpha value is -1.29. The van der Waals surface area contributed by atoms with Crippen molar-refractivity contribution in [3.05, 3.63) is 22.7 Å². The number of nitrogens with zero attached hydrogens (tertiary/aromatic N) is 3. The van der Waals surface area contributed by atoms with Crippen molar-refractivity contribution in [2.75, 3.05) is 38.3 Å². The van der Waals surface area contributed by atoms with Crippen LogP contribution in [0.15, 0.2) is 17.1 Å². The van der Waals surface area contributed by atoms with Gasteiger partial charge in [0.15, 0.2) is 0 Å². The molecule has 1 aromatic rings. The molecule has 26 heavy (non-hydrogen) atoms. The fraction of sp³-hybridized carbons (Fsp3) is 0.733. The van der Waals surface area contributed by atoms with E-state index in [1.54, 1.807) is 0 Å². The molecule has 0 saturated carbocycles. The van der Waals surface area contributed by atoms with Crippen LogP contribution in [0.1, 0.15) is 27.7 Å². The van der Waals surface area contributed by atoms with Crippen LogP contribution in [0.25, 0.3) is 0 Å². The molecule has 0 aliphatic heterocycles. The smallest absolute Gasteiger partial charge is 0.351 e. The first-order valence-corrected chi connectivity index (χ1v) is 10.1. The van der Waals surface area contributed by atoms with Crippen LogP contribution >= 0.6 is 7.60 Å². The van der Waals surface area contributed by atoms with Crippen LogP contribution in [0.2, 0.25) is 0 Å². The molecule has 0 saturated heterocycles. The molecule has 1 heterocycles. The zero-order valence-electron chi connectivity index (χ0n) is 15.8. The maximum Gasteiger partial charge on any atom is 0.351 e. The van der Waals surface area contributed by atoms with E-state index in [0.717, 1.165) is 4.57 Å². The molecule has 5 N–H and O–H groups in total. The Morgan fingerprint density at radius 1 is 1.31 bits per heavy atom. The Morgan fingerprint density at radius 2 is 1.85 bits per heavy atom. The third-order valence-electron chi connectivity index (χ3n) is 3.66. The predicted molar refractivity (Wildman–Crippen MR) is 99.9 cm³/mol. The molecule has 152 valence electrons. The number of ether oxygens (including phenoxy) is 1. The number of nitrogens with two attached hydrogens (primary N) is 1.